The van der Waals surface area contributed by atoms with Crippen molar-refractivity contribution in [2.75, 3.05) is 36.0 Å². The number of ether oxygens (including phenoxy) is 2. The monoisotopic (exact) mass is 1140 g/mol. The second-order valence-corrected chi connectivity index (χ2v) is 22.3. The van der Waals surface area contributed by atoms with Crippen molar-refractivity contribution in [2.45, 2.75) is 110 Å². The molecule has 4 aromatic heterocycles. The van der Waals surface area contributed by atoms with Crippen molar-refractivity contribution in [3.05, 3.63) is 152 Å². The van der Waals surface area contributed by atoms with Gasteiger partial charge in [-0.1, -0.05) is 72.8 Å². The average Bonchev–Trinajstić information content (AvgIpc) is 2.29. The van der Waals surface area contributed by atoms with Crippen LogP contribution in [0, 0.1) is 13.1 Å². The fourth-order valence-electron chi connectivity index (χ4n) is 10.4. The third-order valence-electron chi connectivity index (χ3n) is 14.0. The maximum absolute atomic E-state index is 13.4. The van der Waals surface area contributed by atoms with E-state index in [0.29, 0.717) is 35.8 Å². The molecule has 2 aliphatic rings. The summed E-state index contributed by atoms with van der Waals surface area (Å²) >= 11 is 0. The molecule has 20 nitrogen and oxygen atoms in total. The zero-order chi connectivity index (χ0) is 60.1. The molecule has 83 heavy (non-hydrogen) atoms. The number of aromatic nitrogens is 6. The standard InChI is InChI=1S/2C29H32N6O3.C2HF3O2/c2*1-29(2,3)38-27(36)32-21-10-8-16-34(18-21)23-14-15-31-26-25(23)35(28(37)33(26)5)17-20-13-12-19-9-6-7-11-22(19)24(20)30-4;3-2(4,5)1(6)7/h2*6-7,9,11-15,21H,8,10,16-18H2,1-3,5H3,(H,32,36);(H,6,7)/t2*21-;/m11./s1. The number of aliphatic carboxylic acids is 1. The number of piperidine rings is 2. The Bertz CT molecular complexity index is 3730. The number of fused-ring (bicyclic) bond motifs is 4. The van der Waals surface area contributed by atoms with Gasteiger partial charge in [0.25, 0.3) is 0 Å². The largest absolute Gasteiger partial charge is 0.490 e. The number of carbonyl (C=O) groups is 3. The topological polar surface area (TPSA) is 209 Å². The zero-order valence-electron chi connectivity index (χ0n) is 47.4. The molecular weight excluding hydrogens is 1070 g/mol. The number of pyridine rings is 2. The van der Waals surface area contributed by atoms with Crippen LogP contribution < -0.4 is 31.8 Å². The second-order valence-electron chi connectivity index (χ2n) is 22.3. The lowest BCUT2D eigenvalue weighted by Gasteiger charge is -2.35. The third-order valence-corrected chi connectivity index (χ3v) is 14.0. The van der Waals surface area contributed by atoms with Gasteiger partial charge in [-0.2, -0.15) is 13.2 Å². The summed E-state index contributed by atoms with van der Waals surface area (Å²) in [6.45, 7) is 30.0. The highest BCUT2D eigenvalue weighted by atomic mass is 19.4. The lowest BCUT2D eigenvalue weighted by molar-refractivity contribution is -0.192. The number of carboxylic acid groups (broad SMARTS) is 1. The van der Waals surface area contributed by atoms with Crippen LogP contribution in [0.25, 0.3) is 53.6 Å². The highest BCUT2D eigenvalue weighted by Gasteiger charge is 2.38. The minimum Gasteiger partial charge on any atom is -0.475 e. The van der Waals surface area contributed by atoms with Crippen molar-refractivity contribution >= 4 is 84.8 Å². The SMILES string of the molecule is O=C(O)C(F)(F)F.[C-]#[N+]c1c(Cn2c(=O)n(C)c3nccc(N4CCC[C@@H](NC(=O)OC(C)(C)C)C4)c32)ccc2ccccc12.[C-]#[N+]c1c(Cn2c(=O)n(C)c3nccc(N4CCC[C@@H](NC(=O)OC(C)(C)C)C4)c32)ccc2ccccc12. The van der Waals surface area contributed by atoms with Crippen molar-refractivity contribution in [3.63, 3.8) is 0 Å². The van der Waals surface area contributed by atoms with E-state index < -0.39 is 35.5 Å². The van der Waals surface area contributed by atoms with E-state index in [1.165, 1.54) is 0 Å². The number of rotatable bonds is 8. The first-order valence-corrected chi connectivity index (χ1v) is 26.9. The lowest BCUT2D eigenvalue weighted by Crippen LogP contribution is -2.49. The van der Waals surface area contributed by atoms with Crippen LogP contribution in [-0.4, -0.2) is 107 Å². The van der Waals surface area contributed by atoms with E-state index >= 15 is 0 Å². The fourth-order valence-corrected chi connectivity index (χ4v) is 10.4. The number of aryl methyl sites for hydroxylation is 2. The molecule has 0 radical (unpaired) electrons. The van der Waals surface area contributed by atoms with E-state index in [0.717, 1.165) is 93.9 Å². The van der Waals surface area contributed by atoms with Gasteiger partial charge in [0.15, 0.2) is 22.7 Å². The summed E-state index contributed by atoms with van der Waals surface area (Å²) in [5.74, 6) is -2.76. The van der Waals surface area contributed by atoms with Gasteiger partial charge in [0.05, 0.1) is 24.5 Å². The van der Waals surface area contributed by atoms with Crippen LogP contribution in [0.5, 0.6) is 0 Å². The predicted molar refractivity (Wildman–Crippen MR) is 311 cm³/mol. The predicted octanol–water partition coefficient (Wildman–Crippen LogP) is 10.6. The number of hydrogen-bond acceptors (Lipinski definition) is 11. The van der Waals surface area contributed by atoms with Gasteiger partial charge in [-0.15, -0.1) is 0 Å². The maximum atomic E-state index is 13.4. The Balaban J connectivity index is 0.000000195. The third kappa shape index (κ3) is 13.7. The Morgan fingerprint density at radius 3 is 1.35 bits per heavy atom. The van der Waals surface area contributed by atoms with Crippen LogP contribution in [-0.2, 0) is 41.5 Å². The summed E-state index contributed by atoms with van der Waals surface area (Å²) in [4.78, 5) is 81.7. The molecule has 434 valence electrons. The molecule has 2 amide bonds. The van der Waals surface area contributed by atoms with Crippen LogP contribution in [0.1, 0.15) is 78.4 Å². The average molecular weight is 1140 g/mol. The Morgan fingerprint density at radius 2 is 1.00 bits per heavy atom. The minimum absolute atomic E-state index is 0.0834. The Kier molecular flexibility index (Phi) is 17.5. The molecule has 2 atom stereocenters. The number of nitrogens with one attached hydrogen (secondary N) is 2. The van der Waals surface area contributed by atoms with Crippen LogP contribution in [0.3, 0.4) is 0 Å². The van der Waals surface area contributed by atoms with E-state index in [1.54, 1.807) is 44.8 Å². The Hall–Kier alpha value is -9.38. The number of imidazole rings is 2. The first-order chi connectivity index (χ1) is 39.3. The molecule has 6 heterocycles. The molecule has 0 bridgehead atoms. The van der Waals surface area contributed by atoms with Gasteiger partial charge in [0.1, 0.15) is 22.2 Å². The molecule has 3 N–H and O–H groups in total. The van der Waals surface area contributed by atoms with E-state index in [9.17, 15) is 32.3 Å². The Labute approximate surface area is 476 Å². The number of halogens is 3. The number of nitrogens with zero attached hydrogens (tertiary/aromatic N) is 10. The van der Waals surface area contributed by atoms with Gasteiger partial charge in [0, 0.05) is 77.8 Å². The number of carboxylic acids is 1. The van der Waals surface area contributed by atoms with Crippen molar-refractivity contribution in [1.82, 2.24) is 38.9 Å². The molecule has 2 fully saturated rings. The second kappa shape index (κ2) is 24.4. The van der Waals surface area contributed by atoms with Crippen LogP contribution in [0.4, 0.5) is 45.5 Å². The van der Waals surface area contributed by atoms with Crippen molar-refractivity contribution in [1.29, 1.82) is 0 Å². The molecule has 2 saturated heterocycles. The molecule has 23 heteroatoms. The molecule has 0 spiro atoms. The number of benzene rings is 4. The number of carbonyl (C=O) groups excluding carboxylic acids is 2. The van der Waals surface area contributed by atoms with Crippen LogP contribution in [0.15, 0.2) is 107 Å². The summed E-state index contributed by atoms with van der Waals surface area (Å²) in [5.41, 5.74) is 5.54. The van der Waals surface area contributed by atoms with Gasteiger partial charge in [-0.25, -0.2) is 43.6 Å². The number of alkyl halides is 3. The Morgan fingerprint density at radius 1 is 0.627 bits per heavy atom. The van der Waals surface area contributed by atoms with E-state index in [-0.39, 0.29) is 36.6 Å². The highest BCUT2D eigenvalue weighted by Crippen LogP contribution is 2.35. The van der Waals surface area contributed by atoms with Gasteiger partial charge < -0.3 is 35.0 Å². The first-order valence-electron chi connectivity index (χ1n) is 26.9. The molecule has 0 saturated carbocycles. The molecule has 0 unspecified atom stereocenters. The smallest absolute Gasteiger partial charge is 0.475 e. The molecule has 0 aliphatic carbocycles. The fraction of sp³-hybridized carbons (Fsp3) is 0.383. The zero-order valence-corrected chi connectivity index (χ0v) is 47.4. The molecule has 8 aromatic rings. The summed E-state index contributed by atoms with van der Waals surface area (Å²) in [6, 6.07) is 27.1. The first kappa shape index (κ1) is 59.7. The number of hydrogen-bond donors (Lipinski definition) is 3. The van der Waals surface area contributed by atoms with Crippen molar-refractivity contribution in [2.24, 2.45) is 14.1 Å². The highest BCUT2D eigenvalue weighted by molar-refractivity contribution is 5.97. The minimum atomic E-state index is -5.08. The van der Waals surface area contributed by atoms with Crippen LogP contribution >= 0.6 is 0 Å². The maximum Gasteiger partial charge on any atom is 0.490 e. The van der Waals surface area contributed by atoms with Gasteiger partial charge in [-0.05, 0) is 112 Å². The van der Waals surface area contributed by atoms with Gasteiger partial charge in [-0.3, -0.25) is 18.3 Å². The normalized spacial score (nSPS) is 15.6. The van der Waals surface area contributed by atoms with Crippen molar-refractivity contribution in [3.8, 4) is 0 Å². The molecule has 10 rings (SSSR count). The number of amides is 2. The molecule has 2 aliphatic heterocycles. The van der Waals surface area contributed by atoms with Crippen LogP contribution in [0.2, 0.25) is 0 Å². The lowest BCUT2D eigenvalue weighted by atomic mass is 10.0. The van der Waals surface area contributed by atoms with Crippen molar-refractivity contribution < 1.29 is 42.1 Å². The van der Waals surface area contributed by atoms with E-state index in [1.807, 2.05) is 126 Å². The van der Waals surface area contributed by atoms with E-state index in [4.69, 9.17) is 32.5 Å². The summed E-state index contributed by atoms with van der Waals surface area (Å²) in [5, 5.41) is 16.9. The van der Waals surface area contributed by atoms with E-state index in [2.05, 4.69) is 40.1 Å². The summed E-state index contributed by atoms with van der Waals surface area (Å²) in [6.07, 6.45) is 0.947. The molecular formula is C60H65F3N12O8. The number of anilines is 2. The summed E-state index contributed by atoms with van der Waals surface area (Å²) < 4.78 is 49.2. The number of alkyl carbamates (subject to hydrolysis) is 2. The quantitative estimate of drug-likeness (QED) is 0.121. The molecule has 4 aromatic carbocycles. The summed E-state index contributed by atoms with van der Waals surface area (Å²) in [7, 11) is 3.44. The van der Waals surface area contributed by atoms with Gasteiger partial charge in [0.2, 0.25) is 0 Å². The van der Waals surface area contributed by atoms with Gasteiger partial charge >= 0.3 is 35.7 Å².